The van der Waals surface area contributed by atoms with E-state index in [4.69, 9.17) is 22.1 Å². The molecular weight excluding hydrogens is 248 g/mol. The van der Waals surface area contributed by atoms with Crippen LogP contribution in [0.25, 0.3) is 0 Å². The number of hydrogen-bond acceptors (Lipinski definition) is 3. The van der Waals surface area contributed by atoms with E-state index in [1.165, 1.54) is 12.8 Å². The van der Waals surface area contributed by atoms with Crippen molar-refractivity contribution in [2.24, 2.45) is 5.73 Å². The van der Waals surface area contributed by atoms with Gasteiger partial charge in [0, 0.05) is 24.2 Å². The topological polar surface area (TPSA) is 38.5 Å². The number of ether oxygens (including phenoxy) is 1. The highest BCUT2D eigenvalue weighted by Crippen LogP contribution is 2.40. The molecule has 0 spiro atoms. The summed E-state index contributed by atoms with van der Waals surface area (Å²) in [5.41, 5.74) is 7.02. The summed E-state index contributed by atoms with van der Waals surface area (Å²) >= 11 is 6.35. The second kappa shape index (κ2) is 5.17. The molecule has 1 saturated carbocycles. The maximum Gasteiger partial charge on any atom is 0.0894 e. The molecule has 2 aliphatic rings. The Kier molecular flexibility index (Phi) is 3.57. The van der Waals surface area contributed by atoms with Gasteiger partial charge in [0.05, 0.1) is 18.8 Å². The van der Waals surface area contributed by atoms with Gasteiger partial charge in [-0.3, -0.25) is 4.90 Å². The monoisotopic (exact) mass is 266 g/mol. The molecular formula is C14H19ClN2O. The summed E-state index contributed by atoms with van der Waals surface area (Å²) in [6.45, 7) is 2.30. The largest absolute Gasteiger partial charge is 0.374 e. The lowest BCUT2D eigenvalue weighted by Gasteiger charge is -2.41. The molecule has 0 bridgehead atoms. The van der Waals surface area contributed by atoms with E-state index in [0.29, 0.717) is 12.6 Å². The third-order valence-electron chi connectivity index (χ3n) is 3.86. The van der Waals surface area contributed by atoms with Crippen LogP contribution in [-0.4, -0.2) is 36.7 Å². The average Bonchev–Trinajstić information content (AvgIpc) is 3.23. The summed E-state index contributed by atoms with van der Waals surface area (Å²) in [7, 11) is 0. The zero-order chi connectivity index (χ0) is 12.5. The van der Waals surface area contributed by atoms with E-state index in [1.807, 2.05) is 18.2 Å². The lowest BCUT2D eigenvalue weighted by molar-refractivity contribution is -0.0712. The lowest BCUT2D eigenvalue weighted by atomic mass is 9.97. The summed E-state index contributed by atoms with van der Waals surface area (Å²) in [5, 5.41) is 0.817. The summed E-state index contributed by atoms with van der Waals surface area (Å²) in [4.78, 5) is 2.53. The molecule has 1 aliphatic carbocycles. The Hall–Kier alpha value is -0.610. The third-order valence-corrected chi connectivity index (χ3v) is 4.21. The first-order chi connectivity index (χ1) is 8.81. The molecule has 2 atom stereocenters. The van der Waals surface area contributed by atoms with Crippen molar-refractivity contribution in [2.75, 3.05) is 19.7 Å². The molecule has 0 aromatic heterocycles. The van der Waals surface area contributed by atoms with Crippen LogP contribution in [0.3, 0.4) is 0 Å². The minimum Gasteiger partial charge on any atom is -0.374 e. The van der Waals surface area contributed by atoms with Crippen LogP contribution in [0.15, 0.2) is 24.3 Å². The minimum atomic E-state index is 0.0549. The number of hydrogen-bond donors (Lipinski definition) is 1. The Morgan fingerprint density at radius 1 is 1.33 bits per heavy atom. The fourth-order valence-corrected chi connectivity index (χ4v) is 3.11. The highest BCUT2D eigenvalue weighted by atomic mass is 35.5. The maximum atomic E-state index is 6.35. The number of nitrogens with zero attached hydrogens (tertiary/aromatic N) is 1. The highest BCUT2D eigenvalue weighted by Gasteiger charge is 2.41. The average molecular weight is 267 g/mol. The first-order valence-corrected chi connectivity index (χ1v) is 7.01. The number of benzene rings is 1. The Labute approximate surface area is 113 Å². The van der Waals surface area contributed by atoms with Gasteiger partial charge in [-0.1, -0.05) is 29.8 Å². The molecule has 0 radical (unpaired) electrons. The Balaban J connectivity index is 1.94. The standard InChI is InChI=1S/C14H19ClN2O/c15-12-4-2-1-3-11(12)14-13(9-16)18-8-7-17(14)10-5-6-10/h1-4,10,13-14H,5-9,16H2. The van der Waals surface area contributed by atoms with Crippen molar-refractivity contribution in [2.45, 2.75) is 31.0 Å². The molecule has 2 N–H and O–H groups in total. The van der Waals surface area contributed by atoms with Crippen molar-refractivity contribution in [1.82, 2.24) is 4.90 Å². The molecule has 1 aliphatic heterocycles. The number of rotatable bonds is 3. The predicted molar refractivity (Wildman–Crippen MR) is 72.7 cm³/mol. The molecule has 2 fully saturated rings. The molecule has 1 aromatic carbocycles. The van der Waals surface area contributed by atoms with Gasteiger partial charge >= 0.3 is 0 Å². The van der Waals surface area contributed by atoms with Crippen molar-refractivity contribution in [3.8, 4) is 0 Å². The van der Waals surface area contributed by atoms with E-state index in [9.17, 15) is 0 Å². The van der Waals surface area contributed by atoms with Crippen LogP contribution in [0.4, 0.5) is 0 Å². The van der Waals surface area contributed by atoms with Crippen molar-refractivity contribution in [1.29, 1.82) is 0 Å². The summed E-state index contributed by atoms with van der Waals surface area (Å²) < 4.78 is 5.83. The van der Waals surface area contributed by atoms with Crippen molar-refractivity contribution < 1.29 is 4.74 Å². The molecule has 3 rings (SSSR count). The Morgan fingerprint density at radius 2 is 2.11 bits per heavy atom. The normalized spacial score (nSPS) is 29.4. The number of nitrogens with two attached hydrogens (primary N) is 1. The summed E-state index contributed by atoms with van der Waals surface area (Å²) in [5.74, 6) is 0. The van der Waals surface area contributed by atoms with Crippen molar-refractivity contribution in [3.63, 3.8) is 0 Å². The molecule has 0 amide bonds. The van der Waals surface area contributed by atoms with Gasteiger partial charge < -0.3 is 10.5 Å². The van der Waals surface area contributed by atoms with E-state index in [-0.39, 0.29) is 12.1 Å². The SMILES string of the molecule is NCC1OCCN(C2CC2)C1c1ccccc1Cl. The molecule has 3 nitrogen and oxygen atoms in total. The van der Waals surface area contributed by atoms with Gasteiger partial charge in [0.1, 0.15) is 0 Å². The van der Waals surface area contributed by atoms with Crippen LogP contribution in [-0.2, 0) is 4.74 Å². The third kappa shape index (κ3) is 2.28. The van der Waals surface area contributed by atoms with E-state index in [1.54, 1.807) is 0 Å². The van der Waals surface area contributed by atoms with Crippen LogP contribution in [0.1, 0.15) is 24.4 Å². The molecule has 1 saturated heterocycles. The fraction of sp³-hybridized carbons (Fsp3) is 0.571. The Morgan fingerprint density at radius 3 is 2.78 bits per heavy atom. The van der Waals surface area contributed by atoms with Crippen molar-refractivity contribution >= 4 is 11.6 Å². The lowest BCUT2D eigenvalue weighted by Crippen LogP contribution is -2.49. The molecule has 2 unspecified atom stereocenters. The van der Waals surface area contributed by atoms with Gasteiger partial charge in [-0.2, -0.15) is 0 Å². The predicted octanol–water partition coefficient (Wildman–Crippen LogP) is 2.20. The van der Waals surface area contributed by atoms with Crippen molar-refractivity contribution in [3.05, 3.63) is 34.9 Å². The van der Waals surface area contributed by atoms with Crippen LogP contribution < -0.4 is 5.73 Å². The second-order valence-corrected chi connectivity index (χ2v) is 5.49. The van der Waals surface area contributed by atoms with E-state index in [2.05, 4.69) is 11.0 Å². The van der Waals surface area contributed by atoms with Gasteiger partial charge in [-0.05, 0) is 24.5 Å². The first kappa shape index (κ1) is 12.4. The Bertz CT molecular complexity index is 422. The molecule has 1 heterocycles. The van der Waals surface area contributed by atoms with Crippen LogP contribution in [0.5, 0.6) is 0 Å². The van der Waals surface area contributed by atoms with E-state index < -0.39 is 0 Å². The summed E-state index contributed by atoms with van der Waals surface area (Å²) in [6.07, 6.45) is 2.63. The minimum absolute atomic E-state index is 0.0549. The maximum absolute atomic E-state index is 6.35. The van der Waals surface area contributed by atoms with Crippen LogP contribution in [0, 0.1) is 0 Å². The van der Waals surface area contributed by atoms with Crippen LogP contribution >= 0.6 is 11.6 Å². The molecule has 98 valence electrons. The van der Waals surface area contributed by atoms with E-state index >= 15 is 0 Å². The number of morpholine rings is 1. The zero-order valence-electron chi connectivity index (χ0n) is 10.4. The second-order valence-electron chi connectivity index (χ2n) is 5.08. The molecule has 18 heavy (non-hydrogen) atoms. The molecule has 4 heteroatoms. The van der Waals surface area contributed by atoms with Gasteiger partial charge in [-0.15, -0.1) is 0 Å². The summed E-state index contributed by atoms with van der Waals surface area (Å²) in [6, 6.07) is 8.96. The molecule has 1 aromatic rings. The van der Waals surface area contributed by atoms with Gasteiger partial charge in [-0.25, -0.2) is 0 Å². The highest BCUT2D eigenvalue weighted by molar-refractivity contribution is 6.31. The number of halogens is 1. The van der Waals surface area contributed by atoms with Gasteiger partial charge in [0.15, 0.2) is 0 Å². The quantitative estimate of drug-likeness (QED) is 0.912. The van der Waals surface area contributed by atoms with E-state index in [0.717, 1.165) is 23.7 Å². The van der Waals surface area contributed by atoms with Gasteiger partial charge in [0.2, 0.25) is 0 Å². The van der Waals surface area contributed by atoms with Crippen LogP contribution in [0.2, 0.25) is 5.02 Å². The fourth-order valence-electron chi connectivity index (χ4n) is 2.86. The first-order valence-electron chi connectivity index (χ1n) is 6.63. The van der Waals surface area contributed by atoms with Gasteiger partial charge in [0.25, 0.3) is 0 Å². The zero-order valence-corrected chi connectivity index (χ0v) is 11.1. The smallest absolute Gasteiger partial charge is 0.0894 e.